The zero-order valence-corrected chi connectivity index (χ0v) is 14.6. The SMILES string of the molecule is C1=CC=NC(n2ccnc2)(P(c2ccccc2)c2ccccc2)C=C1. The molecule has 4 heteroatoms. The van der Waals surface area contributed by atoms with Crippen molar-refractivity contribution in [3.05, 3.63) is 104 Å². The Balaban J connectivity index is 1.98. The summed E-state index contributed by atoms with van der Waals surface area (Å²) in [7, 11) is -0.823. The highest BCUT2D eigenvalue weighted by Gasteiger charge is 2.39. The second kappa shape index (κ2) is 7.00. The fourth-order valence-electron chi connectivity index (χ4n) is 3.03. The summed E-state index contributed by atoms with van der Waals surface area (Å²) in [6.45, 7) is 0. The number of allylic oxidation sites excluding steroid dienone is 3. The van der Waals surface area contributed by atoms with Crippen molar-refractivity contribution >= 4 is 24.7 Å². The van der Waals surface area contributed by atoms with Crippen molar-refractivity contribution in [2.45, 2.75) is 5.40 Å². The van der Waals surface area contributed by atoms with Crippen molar-refractivity contribution in [1.29, 1.82) is 0 Å². The monoisotopic (exact) mass is 343 g/mol. The van der Waals surface area contributed by atoms with Crippen LogP contribution < -0.4 is 10.6 Å². The van der Waals surface area contributed by atoms with Gasteiger partial charge in [-0.15, -0.1) is 0 Å². The van der Waals surface area contributed by atoms with Crippen molar-refractivity contribution < 1.29 is 0 Å². The number of rotatable bonds is 4. The molecule has 1 atom stereocenters. The zero-order chi connectivity index (χ0) is 17.0. The molecule has 1 aliphatic heterocycles. The predicted octanol–water partition coefficient (Wildman–Crippen LogP) is 3.82. The molecular weight excluding hydrogens is 325 g/mol. The van der Waals surface area contributed by atoms with Crippen LogP contribution in [0.1, 0.15) is 0 Å². The maximum atomic E-state index is 5.00. The summed E-state index contributed by atoms with van der Waals surface area (Å²) in [5, 5.41) is 2.01. The van der Waals surface area contributed by atoms with Crippen LogP contribution in [0.2, 0.25) is 0 Å². The molecule has 0 spiro atoms. The van der Waals surface area contributed by atoms with Gasteiger partial charge < -0.3 is 4.57 Å². The van der Waals surface area contributed by atoms with Gasteiger partial charge in [0.15, 0.2) is 5.40 Å². The predicted molar refractivity (Wildman–Crippen MR) is 106 cm³/mol. The molecule has 122 valence electrons. The lowest BCUT2D eigenvalue weighted by Crippen LogP contribution is -2.34. The van der Waals surface area contributed by atoms with Gasteiger partial charge in [-0.05, 0) is 22.8 Å². The lowest BCUT2D eigenvalue weighted by atomic mass is 10.4. The average Bonchev–Trinajstić information content (AvgIpc) is 3.11. The number of aliphatic imine (C=N–C) groups is 1. The van der Waals surface area contributed by atoms with Gasteiger partial charge in [-0.25, -0.2) is 4.98 Å². The van der Waals surface area contributed by atoms with Crippen molar-refractivity contribution in [3.63, 3.8) is 0 Å². The van der Waals surface area contributed by atoms with E-state index in [9.17, 15) is 0 Å². The summed E-state index contributed by atoms with van der Waals surface area (Å²) in [6, 6.07) is 21.3. The third-order valence-corrected chi connectivity index (χ3v) is 6.92. The van der Waals surface area contributed by atoms with Crippen LogP contribution in [0.5, 0.6) is 0 Å². The molecule has 4 rings (SSSR count). The van der Waals surface area contributed by atoms with Gasteiger partial charge in [-0.2, -0.15) is 0 Å². The van der Waals surface area contributed by atoms with Gasteiger partial charge >= 0.3 is 0 Å². The topological polar surface area (TPSA) is 30.2 Å². The third kappa shape index (κ3) is 2.99. The largest absolute Gasteiger partial charge is 0.305 e. The Morgan fingerprint density at radius 3 is 2.08 bits per heavy atom. The van der Waals surface area contributed by atoms with Crippen LogP contribution in [0, 0.1) is 0 Å². The number of hydrogen-bond acceptors (Lipinski definition) is 2. The van der Waals surface area contributed by atoms with E-state index in [0.717, 1.165) is 0 Å². The van der Waals surface area contributed by atoms with Gasteiger partial charge in [0.25, 0.3) is 0 Å². The molecule has 0 saturated carbocycles. The van der Waals surface area contributed by atoms with Gasteiger partial charge in [-0.3, -0.25) is 4.99 Å². The number of nitrogens with zero attached hydrogens (tertiary/aromatic N) is 3. The molecule has 0 N–H and O–H groups in total. The van der Waals surface area contributed by atoms with Crippen molar-refractivity contribution in [2.75, 3.05) is 0 Å². The first-order valence-electron chi connectivity index (χ1n) is 8.19. The molecule has 2 heterocycles. The van der Waals surface area contributed by atoms with E-state index in [1.54, 1.807) is 0 Å². The Bertz CT molecular complexity index is 841. The number of imidazole rings is 1. The molecule has 0 amide bonds. The highest BCUT2D eigenvalue weighted by atomic mass is 31.1. The lowest BCUT2D eigenvalue weighted by molar-refractivity contribution is 0.566. The Morgan fingerprint density at radius 1 is 0.800 bits per heavy atom. The number of benzene rings is 2. The quantitative estimate of drug-likeness (QED) is 0.662. The van der Waals surface area contributed by atoms with Gasteiger partial charge in [0.05, 0.1) is 6.33 Å². The Hall–Kier alpha value is -2.77. The highest BCUT2D eigenvalue weighted by molar-refractivity contribution is 7.74. The maximum absolute atomic E-state index is 5.00. The number of hydrogen-bond donors (Lipinski definition) is 0. The van der Waals surface area contributed by atoms with Crippen molar-refractivity contribution in [3.8, 4) is 0 Å². The fraction of sp³-hybridized carbons (Fsp3) is 0.0476. The first-order chi connectivity index (χ1) is 12.4. The molecule has 0 radical (unpaired) electrons. The minimum Gasteiger partial charge on any atom is -0.305 e. The summed E-state index contributed by atoms with van der Waals surface area (Å²) < 4.78 is 2.11. The first kappa shape index (κ1) is 15.7. The van der Waals surface area contributed by atoms with Crippen LogP contribution in [0.4, 0.5) is 0 Å². The van der Waals surface area contributed by atoms with Gasteiger partial charge in [-0.1, -0.05) is 72.8 Å². The molecule has 0 saturated heterocycles. The molecular formula is C21H18N3P. The van der Waals surface area contributed by atoms with Gasteiger partial charge in [0.1, 0.15) is 0 Å². The molecule has 3 nitrogen and oxygen atoms in total. The highest BCUT2D eigenvalue weighted by Crippen LogP contribution is 2.53. The van der Waals surface area contributed by atoms with Crippen LogP contribution in [0.25, 0.3) is 0 Å². The van der Waals surface area contributed by atoms with Crippen LogP contribution >= 0.6 is 7.92 Å². The van der Waals surface area contributed by atoms with Crippen LogP contribution in [-0.4, -0.2) is 15.8 Å². The van der Waals surface area contributed by atoms with Crippen molar-refractivity contribution in [1.82, 2.24) is 9.55 Å². The molecule has 0 aliphatic carbocycles. The Kier molecular flexibility index (Phi) is 4.41. The third-order valence-electron chi connectivity index (χ3n) is 4.13. The van der Waals surface area contributed by atoms with E-state index in [2.05, 4.69) is 82.4 Å². The maximum Gasteiger partial charge on any atom is 0.182 e. The van der Waals surface area contributed by atoms with Crippen LogP contribution in [0.3, 0.4) is 0 Å². The van der Waals surface area contributed by atoms with Crippen LogP contribution in [-0.2, 0) is 5.40 Å². The molecule has 3 aromatic rings. The molecule has 0 bridgehead atoms. The Morgan fingerprint density at radius 2 is 1.48 bits per heavy atom. The van der Waals surface area contributed by atoms with Gasteiger partial charge in [0, 0.05) is 26.5 Å². The molecule has 1 aliphatic rings. The lowest BCUT2D eigenvalue weighted by Gasteiger charge is -2.37. The molecule has 2 aromatic carbocycles. The van der Waals surface area contributed by atoms with E-state index < -0.39 is 13.3 Å². The fourth-order valence-corrected chi connectivity index (χ4v) is 5.80. The Labute approximate surface area is 148 Å². The molecule has 1 unspecified atom stereocenters. The minimum absolute atomic E-state index is 0.544. The van der Waals surface area contributed by atoms with E-state index >= 15 is 0 Å². The standard InChI is InChI=1S/C21H18N3P/c1-4-10-19(11-5-1)25(20-12-6-2-7-13-20)21(24-17-16-22-18-24)14-8-3-9-15-23-21/h1-18H. The second-order valence-electron chi connectivity index (χ2n) is 5.69. The summed E-state index contributed by atoms with van der Waals surface area (Å²) in [6.07, 6.45) is 15.8. The smallest absolute Gasteiger partial charge is 0.182 e. The van der Waals surface area contributed by atoms with Crippen LogP contribution in [0.15, 0.2) is 109 Å². The number of aromatic nitrogens is 2. The van der Waals surface area contributed by atoms with Gasteiger partial charge in [0.2, 0.25) is 0 Å². The van der Waals surface area contributed by atoms with E-state index in [4.69, 9.17) is 4.99 Å². The summed E-state index contributed by atoms with van der Waals surface area (Å²) >= 11 is 0. The summed E-state index contributed by atoms with van der Waals surface area (Å²) in [5.41, 5.74) is 0. The normalized spacial score (nSPS) is 19.2. The zero-order valence-electron chi connectivity index (χ0n) is 13.7. The molecule has 25 heavy (non-hydrogen) atoms. The summed E-state index contributed by atoms with van der Waals surface area (Å²) in [5.74, 6) is 0. The average molecular weight is 343 g/mol. The summed E-state index contributed by atoms with van der Waals surface area (Å²) in [4.78, 5) is 9.29. The minimum atomic E-state index is -0.823. The van der Waals surface area contributed by atoms with Crippen molar-refractivity contribution in [2.24, 2.45) is 4.99 Å². The van der Waals surface area contributed by atoms with E-state index in [1.165, 1.54) is 10.6 Å². The first-order valence-corrected chi connectivity index (χ1v) is 9.53. The van der Waals surface area contributed by atoms with E-state index in [0.29, 0.717) is 0 Å². The van der Waals surface area contributed by atoms with E-state index in [1.807, 2.05) is 37.1 Å². The second-order valence-corrected chi connectivity index (χ2v) is 8.05. The molecule has 1 aromatic heterocycles. The van der Waals surface area contributed by atoms with E-state index in [-0.39, 0.29) is 0 Å². The molecule has 0 fully saturated rings.